The van der Waals surface area contributed by atoms with E-state index < -0.39 is 17.8 Å². The fourth-order valence-electron chi connectivity index (χ4n) is 4.10. The minimum atomic E-state index is -0.848. The zero-order chi connectivity index (χ0) is 24.7. The maximum Gasteiger partial charge on any atom is 0.335 e. The highest BCUT2D eigenvalue weighted by atomic mass is 35.5. The molecule has 2 heterocycles. The van der Waals surface area contributed by atoms with Crippen molar-refractivity contribution in [2.45, 2.75) is 13.5 Å². The van der Waals surface area contributed by atoms with Crippen LogP contribution < -0.4 is 10.2 Å². The van der Waals surface area contributed by atoms with Crippen LogP contribution in [0.5, 0.6) is 0 Å². The third kappa shape index (κ3) is 4.11. The number of nitrogens with zero attached hydrogens (tertiary/aromatic N) is 2. The van der Waals surface area contributed by atoms with Crippen LogP contribution in [0.4, 0.5) is 14.9 Å². The van der Waals surface area contributed by atoms with Gasteiger partial charge in [0, 0.05) is 33.2 Å². The van der Waals surface area contributed by atoms with E-state index in [0.717, 1.165) is 21.4 Å². The highest BCUT2D eigenvalue weighted by Crippen LogP contribution is 2.29. The largest absolute Gasteiger partial charge is 0.342 e. The molecule has 1 aliphatic rings. The zero-order valence-corrected chi connectivity index (χ0v) is 19.3. The number of carbonyl (C=O) groups is 3. The molecule has 0 aliphatic carbocycles. The van der Waals surface area contributed by atoms with Gasteiger partial charge in [-0.05, 0) is 42.8 Å². The molecular formula is C27H19ClFN3O3. The molecule has 1 aliphatic heterocycles. The van der Waals surface area contributed by atoms with Gasteiger partial charge in [0.2, 0.25) is 0 Å². The molecule has 0 saturated carbocycles. The second-order valence-electron chi connectivity index (χ2n) is 8.21. The number of carbonyl (C=O) groups excluding carboxylic acids is 3. The van der Waals surface area contributed by atoms with Gasteiger partial charge < -0.3 is 4.57 Å². The van der Waals surface area contributed by atoms with Crippen LogP contribution in [0, 0.1) is 12.7 Å². The molecule has 5 rings (SSSR count). The lowest BCUT2D eigenvalue weighted by Crippen LogP contribution is -2.54. The number of amides is 4. The van der Waals surface area contributed by atoms with Crippen molar-refractivity contribution >= 4 is 52.1 Å². The molecular weight excluding hydrogens is 469 g/mol. The van der Waals surface area contributed by atoms with Crippen molar-refractivity contribution in [2.75, 3.05) is 4.90 Å². The number of anilines is 1. The predicted molar refractivity (Wildman–Crippen MR) is 133 cm³/mol. The first-order valence-electron chi connectivity index (χ1n) is 10.8. The van der Waals surface area contributed by atoms with E-state index in [1.54, 1.807) is 43.5 Å². The first-order chi connectivity index (χ1) is 16.8. The lowest BCUT2D eigenvalue weighted by molar-refractivity contribution is -0.122. The van der Waals surface area contributed by atoms with Gasteiger partial charge in [-0.1, -0.05) is 54.1 Å². The molecule has 0 spiro atoms. The molecule has 4 aromatic rings. The molecule has 1 saturated heterocycles. The number of barbiturate groups is 1. The van der Waals surface area contributed by atoms with E-state index in [1.807, 2.05) is 28.8 Å². The van der Waals surface area contributed by atoms with Crippen LogP contribution in [0.25, 0.3) is 17.0 Å². The average molecular weight is 488 g/mol. The number of halogens is 2. The molecule has 3 aromatic carbocycles. The van der Waals surface area contributed by atoms with Crippen molar-refractivity contribution in [2.24, 2.45) is 0 Å². The number of aromatic nitrogens is 1. The maximum absolute atomic E-state index is 14.3. The van der Waals surface area contributed by atoms with Crippen molar-refractivity contribution in [3.05, 3.63) is 106 Å². The maximum atomic E-state index is 14.3. The molecule has 0 unspecified atom stereocenters. The van der Waals surface area contributed by atoms with E-state index >= 15 is 0 Å². The molecule has 35 heavy (non-hydrogen) atoms. The van der Waals surface area contributed by atoms with Gasteiger partial charge in [-0.15, -0.1) is 0 Å². The third-order valence-electron chi connectivity index (χ3n) is 5.93. The number of rotatable bonds is 4. The second-order valence-corrected chi connectivity index (χ2v) is 8.62. The van der Waals surface area contributed by atoms with Crippen LogP contribution in [0.1, 0.15) is 16.7 Å². The van der Waals surface area contributed by atoms with Crippen LogP contribution in [-0.2, 0) is 16.1 Å². The summed E-state index contributed by atoms with van der Waals surface area (Å²) in [4.78, 5) is 39.4. The van der Waals surface area contributed by atoms with Crippen molar-refractivity contribution < 1.29 is 18.8 Å². The Balaban J connectivity index is 1.58. The minimum Gasteiger partial charge on any atom is -0.342 e. The highest BCUT2D eigenvalue weighted by molar-refractivity contribution is 6.39. The van der Waals surface area contributed by atoms with Crippen LogP contribution in [0.3, 0.4) is 0 Å². The Bertz CT molecular complexity index is 1560. The Hall–Kier alpha value is -4.23. The predicted octanol–water partition coefficient (Wildman–Crippen LogP) is 5.46. The number of para-hydroxylation sites is 1. The smallest absolute Gasteiger partial charge is 0.335 e. The number of hydrogen-bond acceptors (Lipinski definition) is 3. The van der Waals surface area contributed by atoms with Crippen molar-refractivity contribution in [3.63, 3.8) is 0 Å². The molecule has 1 aromatic heterocycles. The van der Waals surface area contributed by atoms with Gasteiger partial charge in [0.1, 0.15) is 11.4 Å². The first kappa shape index (κ1) is 22.6. The standard InChI is InChI=1S/C27H19ClFN3O3/c1-16-10-11-19(13-22(16)28)32-26(34)21(25(33)30-27(32)35)12-18-15-31(24-9-5-3-7-20(18)24)14-17-6-2-4-8-23(17)29/h2-13,15H,14H2,1H3,(H,30,33,35)/b21-12-. The minimum absolute atomic E-state index is 0.199. The van der Waals surface area contributed by atoms with Gasteiger partial charge in [-0.2, -0.15) is 0 Å². The molecule has 0 radical (unpaired) electrons. The number of nitrogens with one attached hydrogen (secondary N) is 1. The molecule has 174 valence electrons. The summed E-state index contributed by atoms with van der Waals surface area (Å²) in [7, 11) is 0. The summed E-state index contributed by atoms with van der Waals surface area (Å²) in [6.07, 6.45) is 3.21. The van der Waals surface area contributed by atoms with Crippen LogP contribution in [0.2, 0.25) is 5.02 Å². The molecule has 1 N–H and O–H groups in total. The molecule has 1 fully saturated rings. The average Bonchev–Trinajstić information content (AvgIpc) is 3.17. The van der Waals surface area contributed by atoms with E-state index in [4.69, 9.17) is 11.6 Å². The van der Waals surface area contributed by atoms with Gasteiger partial charge in [0.25, 0.3) is 11.8 Å². The third-order valence-corrected chi connectivity index (χ3v) is 6.34. The number of hydrogen-bond donors (Lipinski definition) is 1. The SMILES string of the molecule is Cc1ccc(N2C(=O)NC(=O)/C(=C/c3cn(Cc4ccccc4F)c4ccccc34)C2=O)cc1Cl. The molecule has 8 heteroatoms. The summed E-state index contributed by atoms with van der Waals surface area (Å²) in [5.41, 5.74) is 2.75. The van der Waals surface area contributed by atoms with Crippen LogP contribution in [-0.4, -0.2) is 22.4 Å². The van der Waals surface area contributed by atoms with Crippen molar-refractivity contribution in [1.82, 2.24) is 9.88 Å². The molecule has 6 nitrogen and oxygen atoms in total. The Morgan fingerprint density at radius 2 is 1.74 bits per heavy atom. The van der Waals surface area contributed by atoms with E-state index in [0.29, 0.717) is 16.1 Å². The Labute approximate surface area is 205 Å². The monoisotopic (exact) mass is 487 g/mol. The summed E-state index contributed by atoms with van der Waals surface area (Å²) < 4.78 is 16.1. The van der Waals surface area contributed by atoms with E-state index in [2.05, 4.69) is 5.32 Å². The first-order valence-corrected chi connectivity index (χ1v) is 11.2. The summed E-state index contributed by atoms with van der Waals surface area (Å²) in [5, 5.41) is 3.39. The van der Waals surface area contributed by atoms with Gasteiger partial charge in [0.15, 0.2) is 0 Å². The summed E-state index contributed by atoms with van der Waals surface area (Å²) in [5.74, 6) is -1.87. The van der Waals surface area contributed by atoms with E-state index in [9.17, 15) is 18.8 Å². The number of imide groups is 2. The van der Waals surface area contributed by atoms with Gasteiger partial charge in [0.05, 0.1) is 12.2 Å². The lowest BCUT2D eigenvalue weighted by Gasteiger charge is -2.26. The van der Waals surface area contributed by atoms with Crippen molar-refractivity contribution in [1.29, 1.82) is 0 Å². The Morgan fingerprint density at radius 3 is 2.51 bits per heavy atom. The summed E-state index contributed by atoms with van der Waals surface area (Å²) in [6.45, 7) is 2.07. The van der Waals surface area contributed by atoms with E-state index in [-0.39, 0.29) is 23.6 Å². The van der Waals surface area contributed by atoms with E-state index in [1.165, 1.54) is 18.2 Å². The normalized spacial score (nSPS) is 15.2. The van der Waals surface area contributed by atoms with Crippen LogP contribution >= 0.6 is 11.6 Å². The van der Waals surface area contributed by atoms with Crippen LogP contribution in [0.15, 0.2) is 78.5 Å². The number of fused-ring (bicyclic) bond motifs is 1. The fourth-order valence-corrected chi connectivity index (χ4v) is 4.27. The fraction of sp³-hybridized carbons (Fsp3) is 0.0741. The summed E-state index contributed by atoms with van der Waals surface area (Å²) >= 11 is 6.19. The molecule has 0 bridgehead atoms. The quantitative estimate of drug-likeness (QED) is 0.307. The van der Waals surface area contributed by atoms with Gasteiger partial charge in [-0.25, -0.2) is 14.1 Å². The van der Waals surface area contributed by atoms with Gasteiger partial charge in [-0.3, -0.25) is 14.9 Å². The number of benzene rings is 3. The zero-order valence-electron chi connectivity index (χ0n) is 18.6. The summed E-state index contributed by atoms with van der Waals surface area (Å²) in [6, 6.07) is 17.9. The highest BCUT2D eigenvalue weighted by Gasteiger charge is 2.37. The van der Waals surface area contributed by atoms with Gasteiger partial charge >= 0.3 is 6.03 Å². The second kappa shape index (κ2) is 8.85. The topological polar surface area (TPSA) is 71.4 Å². The lowest BCUT2D eigenvalue weighted by atomic mass is 10.1. The molecule has 4 amide bonds. The Kier molecular flexibility index (Phi) is 5.70. The van der Waals surface area contributed by atoms with Crippen molar-refractivity contribution in [3.8, 4) is 0 Å². The number of urea groups is 1. The Morgan fingerprint density at radius 1 is 1.00 bits per heavy atom. The number of aryl methyl sites for hydroxylation is 1. The molecule has 0 atom stereocenters.